The molecule has 0 atom stereocenters. The first-order valence-electron chi connectivity index (χ1n) is 9.83. The van der Waals surface area contributed by atoms with Gasteiger partial charge in [-0.1, -0.05) is 64.6 Å². The zero-order chi connectivity index (χ0) is 22.9. The number of nitrogens with one attached hydrogen (secondary N) is 1. The number of benzene rings is 2. The number of para-hydroxylation sites is 1. The van der Waals surface area contributed by atoms with Gasteiger partial charge in [0.05, 0.1) is 27.7 Å². The quantitative estimate of drug-likeness (QED) is 0.302. The summed E-state index contributed by atoms with van der Waals surface area (Å²) in [5.41, 5.74) is 1.39. The van der Waals surface area contributed by atoms with Crippen molar-refractivity contribution < 1.29 is 14.3 Å². The third-order valence-electron chi connectivity index (χ3n) is 4.42. The average molecular weight is 514 g/mol. The van der Waals surface area contributed by atoms with Crippen molar-refractivity contribution in [1.82, 2.24) is 10.3 Å². The minimum atomic E-state index is -0.156. The van der Waals surface area contributed by atoms with Crippen LogP contribution in [0.5, 0.6) is 11.5 Å². The van der Waals surface area contributed by atoms with E-state index in [9.17, 15) is 4.79 Å². The summed E-state index contributed by atoms with van der Waals surface area (Å²) in [5.74, 6) is 0.707. The summed E-state index contributed by atoms with van der Waals surface area (Å²) >= 11 is 23.6. The van der Waals surface area contributed by atoms with Gasteiger partial charge in [0.15, 0.2) is 5.75 Å². The van der Waals surface area contributed by atoms with Crippen LogP contribution in [0.3, 0.4) is 0 Å². The second-order valence-electron chi connectivity index (χ2n) is 6.75. The third-order valence-corrected chi connectivity index (χ3v) is 5.29. The van der Waals surface area contributed by atoms with Crippen molar-refractivity contribution in [2.75, 3.05) is 19.8 Å². The molecule has 1 aromatic heterocycles. The van der Waals surface area contributed by atoms with Gasteiger partial charge >= 0.3 is 0 Å². The topological polar surface area (TPSA) is 60.5 Å². The fraction of sp³-hybridized carbons (Fsp3) is 0.217. The number of carbonyl (C=O) groups excluding carboxylic acids is 1. The molecule has 0 fully saturated rings. The van der Waals surface area contributed by atoms with E-state index >= 15 is 0 Å². The first-order valence-corrected chi connectivity index (χ1v) is 11.3. The van der Waals surface area contributed by atoms with Crippen molar-refractivity contribution in [3.63, 3.8) is 0 Å². The number of amides is 1. The van der Waals surface area contributed by atoms with Crippen LogP contribution in [-0.2, 0) is 0 Å². The maximum Gasteiger partial charge on any atom is 0.252 e. The molecular weight excluding hydrogens is 494 g/mol. The molecule has 0 radical (unpaired) electrons. The van der Waals surface area contributed by atoms with Gasteiger partial charge in [-0.05, 0) is 31.1 Å². The number of fused-ring (bicyclic) bond motifs is 1. The smallest absolute Gasteiger partial charge is 0.252 e. The van der Waals surface area contributed by atoms with Crippen LogP contribution in [-0.4, -0.2) is 30.6 Å². The van der Waals surface area contributed by atoms with Gasteiger partial charge in [0, 0.05) is 30.3 Å². The third kappa shape index (κ3) is 7.17. The maximum atomic E-state index is 12.3. The molecule has 0 aliphatic carbocycles. The second kappa shape index (κ2) is 12.2. The summed E-state index contributed by atoms with van der Waals surface area (Å²) in [6.45, 7) is 1.10. The molecule has 0 saturated heterocycles. The number of pyridine rings is 1. The Balaban J connectivity index is 1.41. The molecular formula is C23H20Cl4N2O3. The van der Waals surface area contributed by atoms with Crippen molar-refractivity contribution >= 4 is 63.2 Å². The van der Waals surface area contributed by atoms with Crippen LogP contribution in [0.15, 0.2) is 59.2 Å². The molecule has 0 bridgehead atoms. The standard InChI is InChI=1S/C23H20Cl4N2O3/c24-18-12-17(31-10-7-21(26)27)13-19(25)22(18)32-9-4-3-8-28-23(30)16-11-15-5-1-2-6-20(15)29-14-16/h1-2,5-7,11-14H,3-4,8-10H2,(H,28,30). The molecule has 3 rings (SSSR count). The Bertz CT molecular complexity index is 1090. The summed E-state index contributed by atoms with van der Waals surface area (Å²) in [7, 11) is 0. The molecule has 0 unspecified atom stereocenters. The van der Waals surface area contributed by atoms with Gasteiger partial charge in [0.1, 0.15) is 16.8 Å². The van der Waals surface area contributed by atoms with Crippen LogP contribution in [0.1, 0.15) is 23.2 Å². The lowest BCUT2D eigenvalue weighted by Crippen LogP contribution is -2.24. The molecule has 0 aliphatic rings. The Hall–Kier alpha value is -2.18. The number of carbonyl (C=O) groups is 1. The van der Waals surface area contributed by atoms with E-state index in [4.69, 9.17) is 55.9 Å². The number of ether oxygens (including phenoxy) is 2. The SMILES string of the molecule is O=C(NCCCCOc1c(Cl)cc(OCC=C(Cl)Cl)cc1Cl)c1cnc2ccccc2c1. The van der Waals surface area contributed by atoms with Crippen molar-refractivity contribution in [1.29, 1.82) is 0 Å². The maximum absolute atomic E-state index is 12.3. The Labute approximate surface area is 206 Å². The lowest BCUT2D eigenvalue weighted by Gasteiger charge is -2.12. The number of halogens is 4. The highest BCUT2D eigenvalue weighted by Crippen LogP contribution is 2.37. The van der Waals surface area contributed by atoms with Crippen molar-refractivity contribution in [3.8, 4) is 11.5 Å². The summed E-state index contributed by atoms with van der Waals surface area (Å²) in [4.78, 5) is 16.6. The molecule has 3 aromatic rings. The van der Waals surface area contributed by atoms with E-state index in [1.54, 1.807) is 18.3 Å². The van der Waals surface area contributed by atoms with Crippen LogP contribution >= 0.6 is 46.4 Å². The molecule has 1 heterocycles. The zero-order valence-electron chi connectivity index (χ0n) is 16.9. The Morgan fingerprint density at radius 2 is 1.78 bits per heavy atom. The average Bonchev–Trinajstić information content (AvgIpc) is 2.76. The summed E-state index contributed by atoms with van der Waals surface area (Å²) in [6.07, 6.45) is 4.53. The van der Waals surface area contributed by atoms with Gasteiger partial charge in [-0.15, -0.1) is 0 Å². The molecule has 2 aromatic carbocycles. The molecule has 168 valence electrons. The van der Waals surface area contributed by atoms with E-state index in [-0.39, 0.29) is 17.0 Å². The Morgan fingerprint density at radius 3 is 2.53 bits per heavy atom. The van der Waals surface area contributed by atoms with Crippen molar-refractivity contribution in [3.05, 3.63) is 74.8 Å². The van der Waals surface area contributed by atoms with Crippen molar-refractivity contribution in [2.24, 2.45) is 0 Å². The highest BCUT2D eigenvalue weighted by molar-refractivity contribution is 6.55. The van der Waals surface area contributed by atoms with Crippen LogP contribution in [0.4, 0.5) is 0 Å². The van der Waals surface area contributed by atoms with Gasteiger partial charge in [-0.25, -0.2) is 0 Å². The monoisotopic (exact) mass is 512 g/mol. The fourth-order valence-corrected chi connectivity index (χ4v) is 3.56. The number of nitrogens with zero attached hydrogens (tertiary/aromatic N) is 1. The highest BCUT2D eigenvalue weighted by Gasteiger charge is 2.11. The zero-order valence-corrected chi connectivity index (χ0v) is 19.9. The Morgan fingerprint density at radius 1 is 1.03 bits per heavy atom. The number of aromatic nitrogens is 1. The molecule has 9 heteroatoms. The van der Waals surface area contributed by atoms with E-state index in [0.717, 1.165) is 17.3 Å². The number of hydrogen-bond acceptors (Lipinski definition) is 4. The van der Waals surface area contributed by atoms with Crippen LogP contribution in [0.25, 0.3) is 10.9 Å². The first kappa shape index (κ1) is 24.5. The molecule has 1 amide bonds. The van der Waals surface area contributed by atoms with Gasteiger partial charge in [0.25, 0.3) is 5.91 Å². The van der Waals surface area contributed by atoms with Crippen LogP contribution in [0, 0.1) is 0 Å². The fourth-order valence-electron chi connectivity index (χ4n) is 2.86. The summed E-state index contributed by atoms with van der Waals surface area (Å²) in [6, 6.07) is 12.7. The van der Waals surface area contributed by atoms with E-state index in [0.29, 0.717) is 46.7 Å². The van der Waals surface area contributed by atoms with E-state index in [2.05, 4.69) is 10.3 Å². The lowest BCUT2D eigenvalue weighted by atomic mass is 10.1. The number of rotatable bonds is 10. The first-order chi connectivity index (χ1) is 15.4. The normalized spacial score (nSPS) is 10.6. The van der Waals surface area contributed by atoms with E-state index in [1.807, 2.05) is 30.3 Å². The number of unbranched alkanes of at least 4 members (excludes halogenated alkanes) is 1. The lowest BCUT2D eigenvalue weighted by molar-refractivity contribution is 0.0952. The highest BCUT2D eigenvalue weighted by atomic mass is 35.5. The second-order valence-corrected chi connectivity index (χ2v) is 8.57. The van der Waals surface area contributed by atoms with Gasteiger partial charge < -0.3 is 14.8 Å². The largest absolute Gasteiger partial charge is 0.490 e. The Kier molecular flexibility index (Phi) is 9.30. The molecule has 5 nitrogen and oxygen atoms in total. The molecule has 1 N–H and O–H groups in total. The summed E-state index contributed by atoms with van der Waals surface area (Å²) < 4.78 is 11.3. The number of hydrogen-bond donors (Lipinski definition) is 1. The minimum absolute atomic E-state index is 0.118. The van der Waals surface area contributed by atoms with E-state index in [1.165, 1.54) is 6.08 Å². The predicted molar refractivity (Wildman–Crippen MR) is 131 cm³/mol. The predicted octanol–water partition coefficient (Wildman–Crippen LogP) is 6.83. The minimum Gasteiger partial charge on any atom is -0.490 e. The van der Waals surface area contributed by atoms with Gasteiger partial charge in [-0.3, -0.25) is 9.78 Å². The van der Waals surface area contributed by atoms with E-state index < -0.39 is 0 Å². The molecule has 32 heavy (non-hydrogen) atoms. The van der Waals surface area contributed by atoms with Crippen molar-refractivity contribution in [2.45, 2.75) is 12.8 Å². The van der Waals surface area contributed by atoms with Crippen LogP contribution in [0.2, 0.25) is 10.0 Å². The molecule has 0 saturated carbocycles. The van der Waals surface area contributed by atoms with Gasteiger partial charge in [0.2, 0.25) is 0 Å². The summed E-state index contributed by atoms with van der Waals surface area (Å²) in [5, 5.41) is 4.50. The molecule has 0 aliphatic heterocycles. The molecule has 0 spiro atoms. The van der Waals surface area contributed by atoms with Gasteiger partial charge in [-0.2, -0.15) is 0 Å². The van der Waals surface area contributed by atoms with Crippen LogP contribution < -0.4 is 14.8 Å².